The molecule has 0 radical (unpaired) electrons. The minimum atomic E-state index is -0.0485. The molecule has 0 aliphatic carbocycles. The molecule has 2 aromatic rings. The first-order valence-electron chi connectivity index (χ1n) is 7.60. The third kappa shape index (κ3) is 3.77. The summed E-state index contributed by atoms with van der Waals surface area (Å²) in [5.41, 5.74) is 3.45. The normalized spacial score (nSPS) is 19.0. The number of amides is 1. The summed E-state index contributed by atoms with van der Waals surface area (Å²) in [7, 11) is 0. The Bertz CT molecular complexity index is 676. The zero-order valence-corrected chi connectivity index (χ0v) is 14.4. The van der Waals surface area contributed by atoms with E-state index in [1.54, 1.807) is 11.3 Å². The fourth-order valence-electron chi connectivity index (χ4n) is 2.63. The van der Waals surface area contributed by atoms with Crippen LogP contribution in [-0.4, -0.2) is 52.2 Å². The number of thiazole rings is 1. The summed E-state index contributed by atoms with van der Waals surface area (Å²) in [6.07, 6.45) is -0.0485. The third-order valence-corrected chi connectivity index (χ3v) is 4.88. The monoisotopic (exact) mass is 335 g/mol. The number of anilines is 1. The summed E-state index contributed by atoms with van der Waals surface area (Å²) >= 11 is 1.61. The predicted molar refractivity (Wildman–Crippen MR) is 88.7 cm³/mol. The highest BCUT2D eigenvalue weighted by molar-refractivity contribution is 7.09. The topological polar surface area (TPSA) is 83.1 Å². The molecule has 1 aliphatic rings. The number of nitrogens with one attached hydrogen (secondary N) is 2. The van der Waals surface area contributed by atoms with E-state index in [2.05, 4.69) is 25.4 Å². The van der Waals surface area contributed by atoms with Crippen molar-refractivity contribution in [1.82, 2.24) is 20.1 Å². The van der Waals surface area contributed by atoms with Crippen LogP contribution in [0, 0.1) is 20.8 Å². The van der Waals surface area contributed by atoms with Crippen molar-refractivity contribution in [3.8, 4) is 0 Å². The fourth-order valence-corrected chi connectivity index (χ4v) is 3.47. The Morgan fingerprint density at radius 3 is 3.00 bits per heavy atom. The first-order chi connectivity index (χ1) is 11.0. The summed E-state index contributed by atoms with van der Waals surface area (Å²) in [4.78, 5) is 18.9. The van der Waals surface area contributed by atoms with Crippen LogP contribution in [0.1, 0.15) is 28.2 Å². The van der Waals surface area contributed by atoms with Crippen LogP contribution in [0.2, 0.25) is 0 Å². The lowest BCUT2D eigenvalue weighted by Crippen LogP contribution is -2.42. The quantitative estimate of drug-likeness (QED) is 0.890. The molecular weight excluding hydrogens is 314 g/mol. The fraction of sp³-hybridized carbons (Fsp3) is 0.533. The number of carbonyl (C=O) groups excluding carboxylic acids is 1. The van der Waals surface area contributed by atoms with Gasteiger partial charge >= 0.3 is 0 Å². The van der Waals surface area contributed by atoms with Gasteiger partial charge in [0.15, 0.2) is 0 Å². The van der Waals surface area contributed by atoms with Crippen molar-refractivity contribution in [3.05, 3.63) is 27.5 Å². The molecule has 2 aromatic heterocycles. The van der Waals surface area contributed by atoms with Gasteiger partial charge in [-0.15, -0.1) is 11.3 Å². The van der Waals surface area contributed by atoms with Gasteiger partial charge < -0.3 is 10.1 Å². The summed E-state index contributed by atoms with van der Waals surface area (Å²) in [5, 5.41) is 12.9. The molecule has 0 aromatic carbocycles. The van der Waals surface area contributed by atoms with Gasteiger partial charge in [-0.25, -0.2) is 4.98 Å². The number of ether oxygens (including phenoxy) is 1. The second-order valence-electron chi connectivity index (χ2n) is 5.78. The van der Waals surface area contributed by atoms with E-state index in [-0.39, 0.29) is 12.0 Å². The Balaban J connectivity index is 1.58. The van der Waals surface area contributed by atoms with Crippen molar-refractivity contribution in [2.45, 2.75) is 26.9 Å². The number of hydrogen-bond donors (Lipinski definition) is 2. The number of aryl methyl sites for hydroxylation is 3. The number of aromatic amines is 1. The molecule has 3 rings (SSSR count). The van der Waals surface area contributed by atoms with Crippen molar-refractivity contribution in [3.63, 3.8) is 0 Å². The number of carbonyl (C=O) groups is 1. The second kappa shape index (κ2) is 6.77. The van der Waals surface area contributed by atoms with Gasteiger partial charge in [0.2, 0.25) is 5.91 Å². The Hall–Kier alpha value is -1.77. The van der Waals surface area contributed by atoms with Crippen molar-refractivity contribution >= 4 is 22.9 Å². The maximum absolute atomic E-state index is 12.3. The summed E-state index contributed by atoms with van der Waals surface area (Å²) in [5.74, 6) is -0.0337. The molecule has 124 valence electrons. The van der Waals surface area contributed by atoms with E-state index < -0.39 is 0 Å². The molecule has 1 saturated heterocycles. The lowest BCUT2D eigenvalue weighted by Gasteiger charge is -2.31. The average Bonchev–Trinajstić information content (AvgIpc) is 3.08. The molecule has 7 nitrogen and oxygen atoms in total. The Morgan fingerprint density at radius 1 is 1.52 bits per heavy atom. The minimum Gasteiger partial charge on any atom is -0.368 e. The molecule has 23 heavy (non-hydrogen) atoms. The minimum absolute atomic E-state index is 0.0337. The Morgan fingerprint density at radius 2 is 2.35 bits per heavy atom. The van der Waals surface area contributed by atoms with Crippen molar-refractivity contribution < 1.29 is 9.53 Å². The van der Waals surface area contributed by atoms with Crippen LogP contribution in [0.3, 0.4) is 0 Å². The number of aromatic nitrogens is 3. The maximum Gasteiger partial charge on any atom is 0.238 e. The lowest BCUT2D eigenvalue weighted by molar-refractivity contribution is -0.119. The van der Waals surface area contributed by atoms with Crippen LogP contribution >= 0.6 is 11.3 Å². The molecule has 1 fully saturated rings. The van der Waals surface area contributed by atoms with Gasteiger partial charge in [0.25, 0.3) is 0 Å². The SMILES string of the molecule is Cc1csc([C@H]2CN(CC(=O)Nc3c(C)n[nH]c3C)CCO2)n1. The van der Waals surface area contributed by atoms with E-state index >= 15 is 0 Å². The van der Waals surface area contributed by atoms with Crippen molar-refractivity contribution in [2.75, 3.05) is 31.6 Å². The number of hydrogen-bond acceptors (Lipinski definition) is 6. The first kappa shape index (κ1) is 16.1. The number of H-pyrrole nitrogens is 1. The van der Waals surface area contributed by atoms with Crippen molar-refractivity contribution in [2.24, 2.45) is 0 Å². The van der Waals surface area contributed by atoms with Crippen LogP contribution < -0.4 is 5.32 Å². The Kier molecular flexibility index (Phi) is 4.74. The number of nitrogens with zero attached hydrogens (tertiary/aromatic N) is 3. The highest BCUT2D eigenvalue weighted by Crippen LogP contribution is 2.25. The van der Waals surface area contributed by atoms with Gasteiger partial charge in [-0.05, 0) is 20.8 Å². The smallest absolute Gasteiger partial charge is 0.238 e. The molecule has 0 unspecified atom stereocenters. The largest absolute Gasteiger partial charge is 0.368 e. The van der Waals surface area contributed by atoms with Gasteiger partial charge in [-0.3, -0.25) is 14.8 Å². The van der Waals surface area contributed by atoms with Crippen LogP contribution in [0.25, 0.3) is 0 Å². The zero-order valence-electron chi connectivity index (χ0n) is 13.5. The standard InChI is InChI=1S/C15H21N5O2S/c1-9-8-23-15(16-9)12-6-20(4-5-22-12)7-13(21)17-14-10(2)18-19-11(14)3/h8,12H,4-7H2,1-3H3,(H,17,21)(H,18,19)/t12-/m1/s1. The molecule has 2 N–H and O–H groups in total. The maximum atomic E-state index is 12.3. The lowest BCUT2D eigenvalue weighted by atomic mass is 10.2. The second-order valence-corrected chi connectivity index (χ2v) is 6.67. The van der Waals surface area contributed by atoms with E-state index in [0.717, 1.165) is 34.3 Å². The summed E-state index contributed by atoms with van der Waals surface area (Å²) < 4.78 is 5.79. The van der Waals surface area contributed by atoms with E-state index in [1.165, 1.54) is 0 Å². The third-order valence-electron chi connectivity index (χ3n) is 3.82. The summed E-state index contributed by atoms with van der Waals surface area (Å²) in [6, 6.07) is 0. The van der Waals surface area contributed by atoms with Gasteiger partial charge in [-0.1, -0.05) is 0 Å². The van der Waals surface area contributed by atoms with Gasteiger partial charge in [0.1, 0.15) is 11.1 Å². The molecule has 1 aliphatic heterocycles. The van der Waals surface area contributed by atoms with E-state index in [4.69, 9.17) is 4.74 Å². The van der Waals surface area contributed by atoms with Crippen LogP contribution in [0.5, 0.6) is 0 Å². The Labute approximate surface area is 139 Å². The zero-order chi connectivity index (χ0) is 16.4. The number of rotatable bonds is 4. The predicted octanol–water partition coefficient (Wildman–Crippen LogP) is 1.80. The summed E-state index contributed by atoms with van der Waals surface area (Å²) in [6.45, 7) is 8.12. The molecule has 0 spiro atoms. The van der Waals surface area contributed by atoms with Crippen molar-refractivity contribution in [1.29, 1.82) is 0 Å². The highest BCUT2D eigenvalue weighted by atomic mass is 32.1. The average molecular weight is 335 g/mol. The first-order valence-corrected chi connectivity index (χ1v) is 8.48. The molecule has 1 amide bonds. The highest BCUT2D eigenvalue weighted by Gasteiger charge is 2.25. The molecule has 8 heteroatoms. The molecule has 0 saturated carbocycles. The van der Waals surface area contributed by atoms with Crippen LogP contribution in [0.15, 0.2) is 5.38 Å². The van der Waals surface area contributed by atoms with Gasteiger partial charge in [0, 0.05) is 24.2 Å². The van der Waals surface area contributed by atoms with Crippen LogP contribution in [-0.2, 0) is 9.53 Å². The molecule has 3 heterocycles. The number of morpholine rings is 1. The molecular formula is C15H21N5O2S. The van der Waals surface area contributed by atoms with Gasteiger partial charge in [0.05, 0.1) is 30.2 Å². The van der Waals surface area contributed by atoms with Gasteiger partial charge in [-0.2, -0.15) is 5.10 Å². The molecule has 1 atom stereocenters. The van der Waals surface area contributed by atoms with E-state index in [0.29, 0.717) is 19.7 Å². The van der Waals surface area contributed by atoms with Crippen LogP contribution in [0.4, 0.5) is 5.69 Å². The van der Waals surface area contributed by atoms with E-state index in [1.807, 2.05) is 26.2 Å². The molecule has 0 bridgehead atoms. The van der Waals surface area contributed by atoms with E-state index in [9.17, 15) is 4.79 Å².